The van der Waals surface area contributed by atoms with E-state index in [2.05, 4.69) is 0 Å². The van der Waals surface area contributed by atoms with Crippen LogP contribution < -0.4 is 4.90 Å². The third-order valence-electron chi connectivity index (χ3n) is 3.83. The number of alkyl halides is 3. The lowest BCUT2D eigenvalue weighted by Gasteiger charge is -2.28. The van der Waals surface area contributed by atoms with Crippen LogP contribution >= 0.6 is 0 Å². The van der Waals surface area contributed by atoms with E-state index in [-0.39, 0.29) is 18.2 Å². The van der Waals surface area contributed by atoms with Crippen molar-refractivity contribution in [2.45, 2.75) is 37.9 Å². The Balaban J connectivity index is 2.29. The van der Waals surface area contributed by atoms with Gasteiger partial charge < -0.3 is 10.0 Å². The van der Waals surface area contributed by atoms with Crippen LogP contribution in [0.4, 0.5) is 18.9 Å². The van der Waals surface area contributed by atoms with Gasteiger partial charge in [0.1, 0.15) is 6.07 Å². The molecule has 21 heavy (non-hydrogen) atoms. The number of nitrogens with zero attached hydrogens (tertiary/aromatic N) is 2. The van der Waals surface area contributed by atoms with E-state index in [1.807, 2.05) is 11.0 Å². The van der Waals surface area contributed by atoms with Gasteiger partial charge in [-0.3, -0.25) is 0 Å². The average Bonchev–Trinajstić information content (AvgIpc) is 2.91. The molecule has 3 nitrogen and oxygen atoms in total. The summed E-state index contributed by atoms with van der Waals surface area (Å²) in [7, 11) is 0. The van der Waals surface area contributed by atoms with E-state index in [1.165, 1.54) is 6.07 Å². The third kappa shape index (κ3) is 3.48. The van der Waals surface area contributed by atoms with Crippen molar-refractivity contribution in [3.63, 3.8) is 0 Å². The fourth-order valence-electron chi connectivity index (χ4n) is 2.83. The van der Waals surface area contributed by atoms with Gasteiger partial charge in [-0.25, -0.2) is 0 Å². The molecule has 1 saturated heterocycles. The summed E-state index contributed by atoms with van der Waals surface area (Å²) in [4.78, 5) is 1.99. The Morgan fingerprint density at radius 2 is 2.14 bits per heavy atom. The highest BCUT2D eigenvalue weighted by atomic mass is 19.4. The van der Waals surface area contributed by atoms with Gasteiger partial charge in [-0.05, 0) is 43.9 Å². The SMILES string of the molecule is N#Cc1cc(C(F)(F)F)ccc1N1CCCC1CCCO. The van der Waals surface area contributed by atoms with Crippen molar-refractivity contribution in [2.24, 2.45) is 0 Å². The molecule has 6 heteroatoms. The number of rotatable bonds is 4. The molecule has 1 aromatic carbocycles. The van der Waals surface area contributed by atoms with Crippen LogP contribution in [0.1, 0.15) is 36.8 Å². The van der Waals surface area contributed by atoms with E-state index in [0.29, 0.717) is 12.1 Å². The first kappa shape index (κ1) is 15.6. The van der Waals surface area contributed by atoms with Crippen molar-refractivity contribution in [3.8, 4) is 6.07 Å². The molecule has 1 fully saturated rings. The fraction of sp³-hybridized carbons (Fsp3) is 0.533. The van der Waals surface area contributed by atoms with Crippen LogP contribution in [0, 0.1) is 11.3 Å². The summed E-state index contributed by atoms with van der Waals surface area (Å²) in [6, 6.07) is 5.38. The third-order valence-corrected chi connectivity index (χ3v) is 3.83. The molecule has 1 unspecified atom stereocenters. The maximum absolute atomic E-state index is 12.7. The highest BCUT2D eigenvalue weighted by Gasteiger charge is 2.32. The van der Waals surface area contributed by atoms with Crippen molar-refractivity contribution in [1.82, 2.24) is 0 Å². The fourth-order valence-corrected chi connectivity index (χ4v) is 2.83. The summed E-state index contributed by atoms with van der Waals surface area (Å²) in [5.74, 6) is 0. The Morgan fingerprint density at radius 3 is 2.76 bits per heavy atom. The van der Waals surface area contributed by atoms with Gasteiger partial charge in [0, 0.05) is 19.2 Å². The lowest BCUT2D eigenvalue weighted by atomic mass is 10.1. The van der Waals surface area contributed by atoms with E-state index >= 15 is 0 Å². The minimum Gasteiger partial charge on any atom is -0.396 e. The quantitative estimate of drug-likeness (QED) is 0.927. The molecule has 0 amide bonds. The van der Waals surface area contributed by atoms with Crippen LogP contribution in [0.15, 0.2) is 18.2 Å². The number of benzene rings is 1. The van der Waals surface area contributed by atoms with Gasteiger partial charge in [0.25, 0.3) is 0 Å². The topological polar surface area (TPSA) is 47.3 Å². The number of anilines is 1. The second kappa shape index (κ2) is 6.35. The van der Waals surface area contributed by atoms with Crippen LogP contribution in [0.5, 0.6) is 0 Å². The second-order valence-corrected chi connectivity index (χ2v) is 5.20. The van der Waals surface area contributed by atoms with Gasteiger partial charge in [0.15, 0.2) is 0 Å². The molecule has 0 aliphatic carbocycles. The molecule has 1 aromatic rings. The Morgan fingerprint density at radius 1 is 1.38 bits per heavy atom. The average molecular weight is 298 g/mol. The number of hydrogen-bond acceptors (Lipinski definition) is 3. The Kier molecular flexibility index (Phi) is 4.73. The smallest absolute Gasteiger partial charge is 0.396 e. The first-order valence-electron chi connectivity index (χ1n) is 6.96. The van der Waals surface area contributed by atoms with E-state index in [1.54, 1.807) is 0 Å². The zero-order valence-electron chi connectivity index (χ0n) is 11.5. The molecule has 0 bridgehead atoms. The molecule has 2 rings (SSSR count). The summed E-state index contributed by atoms with van der Waals surface area (Å²) in [6.45, 7) is 0.832. The lowest BCUT2D eigenvalue weighted by molar-refractivity contribution is -0.137. The van der Waals surface area contributed by atoms with Crippen LogP contribution in [-0.2, 0) is 6.18 Å². The number of nitriles is 1. The summed E-state index contributed by atoms with van der Waals surface area (Å²) in [5, 5.41) is 18.1. The van der Waals surface area contributed by atoms with Gasteiger partial charge in [0.2, 0.25) is 0 Å². The first-order valence-corrected chi connectivity index (χ1v) is 6.96. The molecule has 1 atom stereocenters. The van der Waals surface area contributed by atoms with Gasteiger partial charge in [0.05, 0.1) is 16.8 Å². The monoisotopic (exact) mass is 298 g/mol. The van der Waals surface area contributed by atoms with Crippen molar-refractivity contribution in [3.05, 3.63) is 29.3 Å². The molecule has 1 heterocycles. The second-order valence-electron chi connectivity index (χ2n) is 5.20. The molecule has 1 N–H and O–H groups in total. The zero-order chi connectivity index (χ0) is 15.5. The van der Waals surface area contributed by atoms with Crippen molar-refractivity contribution < 1.29 is 18.3 Å². The van der Waals surface area contributed by atoms with Gasteiger partial charge in [-0.2, -0.15) is 18.4 Å². The maximum atomic E-state index is 12.7. The summed E-state index contributed by atoms with van der Waals surface area (Å²) >= 11 is 0. The molecule has 114 valence electrons. The van der Waals surface area contributed by atoms with Gasteiger partial charge >= 0.3 is 6.18 Å². The molecule has 0 spiro atoms. The van der Waals surface area contributed by atoms with Gasteiger partial charge in [-0.15, -0.1) is 0 Å². The number of aliphatic hydroxyl groups is 1. The highest BCUT2D eigenvalue weighted by Crippen LogP contribution is 2.35. The molecule has 0 saturated carbocycles. The Hall–Kier alpha value is -1.74. The van der Waals surface area contributed by atoms with Crippen LogP contribution in [0.3, 0.4) is 0 Å². The molecule has 0 aromatic heterocycles. The van der Waals surface area contributed by atoms with Crippen LogP contribution in [-0.4, -0.2) is 24.3 Å². The minimum absolute atomic E-state index is 0.0562. The predicted molar refractivity (Wildman–Crippen MR) is 72.8 cm³/mol. The van der Waals surface area contributed by atoms with E-state index in [4.69, 9.17) is 10.4 Å². The predicted octanol–water partition coefficient (Wildman–Crippen LogP) is 3.32. The summed E-state index contributed by atoms with van der Waals surface area (Å²) in [6.07, 6.45) is -1.12. The van der Waals surface area contributed by atoms with Crippen molar-refractivity contribution in [1.29, 1.82) is 5.26 Å². The minimum atomic E-state index is -4.44. The molecule has 0 radical (unpaired) electrons. The highest BCUT2D eigenvalue weighted by molar-refractivity contribution is 5.61. The standard InChI is InChI=1S/C15H17F3N2O/c16-15(17,18)12-5-6-14(11(9-12)10-19)20-7-1-3-13(20)4-2-8-21/h5-6,9,13,21H,1-4,7-8H2. The molecule has 1 aliphatic rings. The van der Waals surface area contributed by atoms with E-state index < -0.39 is 11.7 Å². The zero-order valence-corrected chi connectivity index (χ0v) is 11.5. The van der Waals surface area contributed by atoms with E-state index in [0.717, 1.165) is 37.9 Å². The summed E-state index contributed by atoms with van der Waals surface area (Å²) in [5.41, 5.74) is -0.180. The number of aliphatic hydroxyl groups excluding tert-OH is 1. The van der Waals surface area contributed by atoms with Crippen LogP contribution in [0.25, 0.3) is 0 Å². The Bertz CT molecular complexity index is 537. The summed E-state index contributed by atoms with van der Waals surface area (Å²) < 4.78 is 38.1. The van der Waals surface area contributed by atoms with Crippen molar-refractivity contribution in [2.75, 3.05) is 18.1 Å². The molecular formula is C15H17F3N2O. The Labute approximate surface area is 121 Å². The maximum Gasteiger partial charge on any atom is 0.416 e. The van der Waals surface area contributed by atoms with E-state index in [9.17, 15) is 13.2 Å². The number of halogens is 3. The number of hydrogen-bond donors (Lipinski definition) is 1. The lowest BCUT2D eigenvalue weighted by Crippen LogP contribution is -2.30. The van der Waals surface area contributed by atoms with Crippen LogP contribution in [0.2, 0.25) is 0 Å². The first-order chi connectivity index (χ1) is 9.97. The molecular weight excluding hydrogens is 281 g/mol. The molecule has 1 aliphatic heterocycles. The normalized spacial score (nSPS) is 18.8. The van der Waals surface area contributed by atoms with Gasteiger partial charge in [-0.1, -0.05) is 0 Å². The van der Waals surface area contributed by atoms with Crippen molar-refractivity contribution >= 4 is 5.69 Å². The largest absolute Gasteiger partial charge is 0.416 e.